The van der Waals surface area contributed by atoms with Crippen LogP contribution in [0.15, 0.2) is 71.3 Å². The van der Waals surface area contributed by atoms with E-state index in [9.17, 15) is 18.0 Å². The third-order valence-corrected chi connectivity index (χ3v) is 8.53. The van der Waals surface area contributed by atoms with Gasteiger partial charge in [0.15, 0.2) is 0 Å². The molecule has 2 aliphatic carbocycles. The molecule has 3 aliphatic rings. The van der Waals surface area contributed by atoms with Crippen molar-refractivity contribution in [2.24, 2.45) is 5.92 Å². The van der Waals surface area contributed by atoms with E-state index < -0.39 is 23.8 Å². The molecule has 0 bridgehead atoms. The summed E-state index contributed by atoms with van der Waals surface area (Å²) < 4.78 is 39.9. The van der Waals surface area contributed by atoms with E-state index in [1.165, 1.54) is 25.0 Å². The number of carbonyl (C=O) groups excluding carboxylic acids is 1. The van der Waals surface area contributed by atoms with Gasteiger partial charge in [-0.05, 0) is 79.6 Å². The lowest BCUT2D eigenvalue weighted by atomic mass is 9.72. The van der Waals surface area contributed by atoms with Gasteiger partial charge in [0, 0.05) is 35.6 Å². The number of hydrogen-bond donors (Lipinski definition) is 3. The molecule has 1 aliphatic heterocycles. The number of rotatable bonds is 7. The molecule has 1 heterocycles. The van der Waals surface area contributed by atoms with E-state index in [-0.39, 0.29) is 16.9 Å². The molecule has 0 radical (unpaired) electrons. The van der Waals surface area contributed by atoms with Gasteiger partial charge in [-0.15, -0.1) is 0 Å². The number of anilines is 1. The first kappa shape index (κ1) is 27.6. The van der Waals surface area contributed by atoms with Crippen LogP contribution in [0.25, 0.3) is 11.1 Å². The van der Waals surface area contributed by atoms with Gasteiger partial charge in [-0.1, -0.05) is 54.1 Å². The van der Waals surface area contributed by atoms with Gasteiger partial charge in [0.2, 0.25) is 0 Å². The topological polar surface area (TPSA) is 70.4 Å². The van der Waals surface area contributed by atoms with E-state index in [0.29, 0.717) is 12.2 Å². The summed E-state index contributed by atoms with van der Waals surface area (Å²) >= 11 is 5.76. The molecular formula is C30H34ClF3N4O. The number of urea groups is 1. The Bertz CT molecular complexity index is 1250. The van der Waals surface area contributed by atoms with Crippen molar-refractivity contribution < 1.29 is 18.0 Å². The molecule has 39 heavy (non-hydrogen) atoms. The summed E-state index contributed by atoms with van der Waals surface area (Å²) in [6.45, 7) is 3.41. The molecule has 0 spiro atoms. The fourth-order valence-electron chi connectivity index (χ4n) is 5.64. The molecule has 9 heteroatoms. The highest BCUT2D eigenvalue weighted by molar-refractivity contribution is 6.31. The van der Waals surface area contributed by atoms with Crippen molar-refractivity contribution in [2.45, 2.75) is 49.7 Å². The van der Waals surface area contributed by atoms with Crippen LogP contribution >= 0.6 is 11.6 Å². The van der Waals surface area contributed by atoms with Crippen LogP contribution in [0.5, 0.6) is 0 Å². The quantitative estimate of drug-likeness (QED) is 0.346. The van der Waals surface area contributed by atoms with Gasteiger partial charge in [-0.2, -0.15) is 13.2 Å². The highest BCUT2D eigenvalue weighted by atomic mass is 35.5. The van der Waals surface area contributed by atoms with Crippen LogP contribution in [0.4, 0.5) is 23.7 Å². The third-order valence-electron chi connectivity index (χ3n) is 8.18. The number of nitrogens with one attached hydrogen (secondary N) is 2. The van der Waals surface area contributed by atoms with Crippen molar-refractivity contribution in [1.82, 2.24) is 15.5 Å². The Morgan fingerprint density at radius 3 is 2.44 bits per heavy atom. The summed E-state index contributed by atoms with van der Waals surface area (Å²) in [6, 6.07) is 14.9. The van der Waals surface area contributed by atoms with Crippen molar-refractivity contribution in [1.29, 1.82) is 0 Å². The number of piperidine rings is 1. The van der Waals surface area contributed by atoms with Gasteiger partial charge in [-0.25, -0.2) is 4.79 Å². The zero-order valence-corrected chi connectivity index (χ0v) is 22.5. The zero-order valence-electron chi connectivity index (χ0n) is 21.7. The van der Waals surface area contributed by atoms with Crippen LogP contribution < -0.4 is 16.4 Å². The molecule has 2 amide bonds. The first-order valence-electron chi connectivity index (χ1n) is 13.5. The molecule has 2 fully saturated rings. The third kappa shape index (κ3) is 6.79. The number of amides is 2. The van der Waals surface area contributed by atoms with Crippen LogP contribution in [-0.2, 0) is 5.41 Å². The van der Waals surface area contributed by atoms with E-state index in [4.69, 9.17) is 17.3 Å². The molecule has 2 aromatic rings. The lowest BCUT2D eigenvalue weighted by molar-refractivity contribution is -0.0948. The highest BCUT2D eigenvalue weighted by Crippen LogP contribution is 2.39. The number of nitrogens with zero attached hydrogens (tertiary/aromatic N) is 1. The van der Waals surface area contributed by atoms with Crippen molar-refractivity contribution in [3.63, 3.8) is 0 Å². The van der Waals surface area contributed by atoms with E-state index in [1.807, 2.05) is 24.3 Å². The summed E-state index contributed by atoms with van der Waals surface area (Å²) in [4.78, 5) is 15.4. The van der Waals surface area contributed by atoms with E-state index >= 15 is 0 Å². The molecule has 2 aromatic carbocycles. The monoisotopic (exact) mass is 558 g/mol. The lowest BCUT2D eigenvalue weighted by Crippen LogP contribution is -2.52. The minimum absolute atomic E-state index is 0.269. The molecule has 1 atom stereocenters. The van der Waals surface area contributed by atoms with Gasteiger partial charge >= 0.3 is 12.2 Å². The predicted molar refractivity (Wildman–Crippen MR) is 149 cm³/mol. The second-order valence-electron chi connectivity index (χ2n) is 11.0. The van der Waals surface area contributed by atoms with Crippen LogP contribution in [0, 0.1) is 5.92 Å². The number of nitrogens with two attached hydrogens (primary N) is 1. The van der Waals surface area contributed by atoms with Gasteiger partial charge in [0.25, 0.3) is 0 Å². The Morgan fingerprint density at radius 2 is 1.79 bits per heavy atom. The number of hydrogen-bond acceptors (Lipinski definition) is 3. The Balaban J connectivity index is 1.27. The molecule has 5 nitrogen and oxygen atoms in total. The van der Waals surface area contributed by atoms with Crippen LogP contribution in [0.3, 0.4) is 0 Å². The molecule has 1 saturated carbocycles. The minimum Gasteiger partial charge on any atom is -0.399 e. The lowest BCUT2D eigenvalue weighted by Gasteiger charge is -2.42. The summed E-state index contributed by atoms with van der Waals surface area (Å²) in [5.74, 6) is 0.812. The molecule has 0 aromatic heterocycles. The van der Waals surface area contributed by atoms with Crippen molar-refractivity contribution in [3.8, 4) is 11.1 Å². The van der Waals surface area contributed by atoms with E-state index in [2.05, 4.69) is 39.8 Å². The molecule has 208 valence electrons. The summed E-state index contributed by atoms with van der Waals surface area (Å²) in [5.41, 5.74) is 8.83. The van der Waals surface area contributed by atoms with Crippen LogP contribution in [0.2, 0.25) is 0 Å². The SMILES string of the molecule is Nc1cccc(-c2ccc(C3(CNC(=O)NC4C=CC(Cl)=C(C(F)(F)F)C4)CCN(CC4CC4)CC3)cc2)c1. The minimum atomic E-state index is -4.53. The summed E-state index contributed by atoms with van der Waals surface area (Å²) in [5, 5.41) is 5.32. The summed E-state index contributed by atoms with van der Waals surface area (Å²) in [6.07, 6.45) is 2.17. The van der Waals surface area contributed by atoms with Crippen LogP contribution in [0.1, 0.15) is 37.7 Å². The van der Waals surface area contributed by atoms with Crippen LogP contribution in [-0.4, -0.2) is 49.3 Å². The normalized spacial score (nSPS) is 21.6. The Hall–Kier alpha value is -2.97. The van der Waals surface area contributed by atoms with Gasteiger partial charge in [-0.3, -0.25) is 0 Å². The van der Waals surface area contributed by atoms with Crippen molar-refractivity contribution in [2.75, 3.05) is 31.9 Å². The number of alkyl halides is 3. The average molecular weight is 559 g/mol. The molecule has 1 saturated heterocycles. The number of likely N-dealkylation sites (tertiary alicyclic amines) is 1. The second-order valence-corrected chi connectivity index (χ2v) is 11.5. The number of benzene rings is 2. The standard InChI is InChI=1S/C30H34ClF3N4O/c31-27-11-10-25(17-26(27)30(32,33)34)37-28(39)36-19-29(12-14-38(15-13-29)18-20-4-5-20)23-8-6-21(7-9-23)22-2-1-3-24(35)16-22/h1-3,6-11,16,20,25H,4-5,12-15,17-19,35H2,(H2,36,37,39). The molecule has 4 N–H and O–H groups in total. The van der Waals surface area contributed by atoms with Gasteiger partial charge in [0.1, 0.15) is 0 Å². The first-order valence-corrected chi connectivity index (χ1v) is 13.9. The largest absolute Gasteiger partial charge is 0.414 e. The van der Waals surface area contributed by atoms with Gasteiger partial charge < -0.3 is 21.3 Å². The number of nitrogen functional groups attached to an aromatic ring is 1. The average Bonchev–Trinajstić information content (AvgIpc) is 3.73. The maximum atomic E-state index is 13.3. The fraction of sp³-hybridized carbons (Fsp3) is 0.433. The molecular weight excluding hydrogens is 525 g/mol. The van der Waals surface area contributed by atoms with Crippen molar-refractivity contribution in [3.05, 3.63) is 76.9 Å². The predicted octanol–water partition coefficient (Wildman–Crippen LogP) is 6.36. The summed E-state index contributed by atoms with van der Waals surface area (Å²) in [7, 11) is 0. The molecule has 5 rings (SSSR count). The number of carbonyl (C=O) groups is 1. The van der Waals surface area contributed by atoms with E-state index in [0.717, 1.165) is 55.1 Å². The maximum Gasteiger partial charge on any atom is 0.414 e. The highest BCUT2D eigenvalue weighted by Gasteiger charge is 2.40. The number of halogens is 4. The van der Waals surface area contributed by atoms with Gasteiger partial charge in [0.05, 0.1) is 11.6 Å². The van der Waals surface area contributed by atoms with E-state index in [1.54, 1.807) is 0 Å². The maximum absolute atomic E-state index is 13.3. The van der Waals surface area contributed by atoms with Crippen molar-refractivity contribution >= 4 is 23.3 Å². The Labute approximate surface area is 232 Å². The fourth-order valence-corrected chi connectivity index (χ4v) is 5.89. The second kappa shape index (κ2) is 11.3. The Morgan fingerprint density at radius 1 is 1.08 bits per heavy atom. The first-order chi connectivity index (χ1) is 18.6. The Kier molecular flexibility index (Phi) is 7.96. The number of allylic oxidation sites excluding steroid dienone is 2. The molecule has 1 unspecified atom stereocenters. The zero-order chi connectivity index (χ0) is 27.6. The smallest absolute Gasteiger partial charge is 0.399 e.